The van der Waals surface area contributed by atoms with Gasteiger partial charge in [0.1, 0.15) is 5.60 Å². The molecule has 0 aromatic heterocycles. The minimum Gasteiger partial charge on any atom is -0.386 e. The van der Waals surface area contributed by atoms with E-state index in [4.69, 9.17) is 4.74 Å². The van der Waals surface area contributed by atoms with Crippen LogP contribution < -0.4 is 5.32 Å². The van der Waals surface area contributed by atoms with Gasteiger partial charge in [-0.1, -0.05) is 26.2 Å². The zero-order valence-corrected chi connectivity index (χ0v) is 10.4. The summed E-state index contributed by atoms with van der Waals surface area (Å²) in [5.41, 5.74) is -0.599. The fourth-order valence-corrected chi connectivity index (χ4v) is 2.92. The SMILES string of the molecule is CC1CCCCC1CNCC1(O)CCOC1. The maximum absolute atomic E-state index is 10.1. The number of rotatable bonds is 4. The molecule has 0 aromatic rings. The van der Waals surface area contributed by atoms with Crippen LogP contribution in [-0.2, 0) is 4.74 Å². The van der Waals surface area contributed by atoms with Gasteiger partial charge in [0.25, 0.3) is 0 Å². The molecule has 3 atom stereocenters. The van der Waals surface area contributed by atoms with E-state index in [1.165, 1.54) is 25.7 Å². The lowest BCUT2D eigenvalue weighted by Crippen LogP contribution is -2.43. The Balaban J connectivity index is 1.66. The predicted molar refractivity (Wildman–Crippen MR) is 64.4 cm³/mol. The second-order valence-electron chi connectivity index (χ2n) is 5.68. The lowest BCUT2D eigenvalue weighted by atomic mass is 9.80. The monoisotopic (exact) mass is 227 g/mol. The van der Waals surface area contributed by atoms with Gasteiger partial charge in [0.2, 0.25) is 0 Å². The molecule has 1 aliphatic heterocycles. The Kier molecular flexibility index (Phi) is 4.22. The van der Waals surface area contributed by atoms with Gasteiger partial charge in [0.15, 0.2) is 0 Å². The summed E-state index contributed by atoms with van der Waals surface area (Å²) in [6, 6.07) is 0. The van der Waals surface area contributed by atoms with E-state index < -0.39 is 5.60 Å². The Labute approximate surface area is 98.6 Å². The van der Waals surface area contributed by atoms with Crippen molar-refractivity contribution in [1.29, 1.82) is 0 Å². The molecule has 0 bridgehead atoms. The number of ether oxygens (including phenoxy) is 1. The first-order valence-electron chi connectivity index (χ1n) is 6.70. The standard InChI is InChI=1S/C13H25NO2/c1-11-4-2-3-5-12(11)8-14-9-13(15)6-7-16-10-13/h11-12,14-15H,2-10H2,1H3. The van der Waals surface area contributed by atoms with Crippen molar-refractivity contribution < 1.29 is 9.84 Å². The average Bonchev–Trinajstić information content (AvgIpc) is 2.68. The van der Waals surface area contributed by atoms with E-state index in [0.29, 0.717) is 19.8 Å². The first-order chi connectivity index (χ1) is 7.70. The fourth-order valence-electron chi connectivity index (χ4n) is 2.92. The number of hydrogen-bond acceptors (Lipinski definition) is 3. The Morgan fingerprint density at radius 3 is 2.88 bits per heavy atom. The molecule has 3 nitrogen and oxygen atoms in total. The van der Waals surface area contributed by atoms with Crippen LogP contribution in [0.3, 0.4) is 0 Å². The molecular weight excluding hydrogens is 202 g/mol. The van der Waals surface area contributed by atoms with Gasteiger partial charge in [-0.3, -0.25) is 0 Å². The molecule has 1 saturated carbocycles. The van der Waals surface area contributed by atoms with Crippen LogP contribution in [0.2, 0.25) is 0 Å². The van der Waals surface area contributed by atoms with Crippen molar-refractivity contribution >= 4 is 0 Å². The number of aliphatic hydroxyl groups is 1. The molecule has 3 heteroatoms. The van der Waals surface area contributed by atoms with Gasteiger partial charge in [-0.25, -0.2) is 0 Å². The van der Waals surface area contributed by atoms with Crippen LogP contribution in [-0.4, -0.2) is 37.0 Å². The quantitative estimate of drug-likeness (QED) is 0.766. The minimum atomic E-state index is -0.599. The van der Waals surface area contributed by atoms with Crippen molar-refractivity contribution in [1.82, 2.24) is 5.32 Å². The molecule has 0 radical (unpaired) electrons. The Morgan fingerprint density at radius 1 is 1.38 bits per heavy atom. The van der Waals surface area contributed by atoms with Crippen molar-refractivity contribution in [2.75, 3.05) is 26.3 Å². The normalized spacial score (nSPS) is 40.1. The summed E-state index contributed by atoms with van der Waals surface area (Å²) in [6.07, 6.45) is 6.28. The second kappa shape index (κ2) is 5.48. The maximum atomic E-state index is 10.1. The van der Waals surface area contributed by atoms with E-state index in [2.05, 4.69) is 12.2 Å². The first-order valence-corrected chi connectivity index (χ1v) is 6.70. The topological polar surface area (TPSA) is 41.5 Å². The van der Waals surface area contributed by atoms with Crippen molar-refractivity contribution in [2.45, 2.75) is 44.6 Å². The zero-order chi connectivity index (χ0) is 11.4. The van der Waals surface area contributed by atoms with E-state index in [-0.39, 0.29) is 0 Å². The van der Waals surface area contributed by atoms with Crippen LogP contribution in [0.25, 0.3) is 0 Å². The van der Waals surface area contributed by atoms with Gasteiger partial charge < -0.3 is 15.2 Å². The van der Waals surface area contributed by atoms with Gasteiger partial charge >= 0.3 is 0 Å². The largest absolute Gasteiger partial charge is 0.386 e. The Bertz CT molecular complexity index is 214. The summed E-state index contributed by atoms with van der Waals surface area (Å²) >= 11 is 0. The molecule has 1 heterocycles. The Morgan fingerprint density at radius 2 is 2.19 bits per heavy atom. The van der Waals surface area contributed by atoms with Crippen molar-refractivity contribution in [3.63, 3.8) is 0 Å². The van der Waals surface area contributed by atoms with Crippen molar-refractivity contribution in [3.8, 4) is 0 Å². The van der Waals surface area contributed by atoms with Crippen LogP contribution in [0.15, 0.2) is 0 Å². The first kappa shape index (κ1) is 12.3. The summed E-state index contributed by atoms with van der Waals surface area (Å²) < 4.78 is 5.23. The molecule has 94 valence electrons. The molecule has 2 fully saturated rings. The molecule has 2 N–H and O–H groups in total. The van der Waals surface area contributed by atoms with Crippen LogP contribution in [0.4, 0.5) is 0 Å². The van der Waals surface area contributed by atoms with Crippen molar-refractivity contribution in [2.24, 2.45) is 11.8 Å². The fraction of sp³-hybridized carbons (Fsp3) is 1.00. The summed E-state index contributed by atoms with van der Waals surface area (Å²) in [7, 11) is 0. The highest BCUT2D eigenvalue weighted by Gasteiger charge is 2.32. The lowest BCUT2D eigenvalue weighted by Gasteiger charge is -2.30. The van der Waals surface area contributed by atoms with E-state index in [1.54, 1.807) is 0 Å². The molecule has 0 aromatic carbocycles. The molecular formula is C13H25NO2. The third-order valence-electron chi connectivity index (χ3n) is 4.23. The molecule has 0 spiro atoms. The van der Waals surface area contributed by atoms with E-state index in [1.807, 2.05) is 0 Å². The lowest BCUT2D eigenvalue weighted by molar-refractivity contribution is 0.0255. The highest BCUT2D eigenvalue weighted by Crippen LogP contribution is 2.29. The predicted octanol–water partition coefficient (Wildman–Crippen LogP) is 1.55. The Hall–Kier alpha value is -0.120. The highest BCUT2D eigenvalue weighted by atomic mass is 16.5. The van der Waals surface area contributed by atoms with E-state index in [0.717, 1.165) is 24.8 Å². The zero-order valence-electron chi connectivity index (χ0n) is 10.4. The van der Waals surface area contributed by atoms with E-state index >= 15 is 0 Å². The maximum Gasteiger partial charge on any atom is 0.102 e. The van der Waals surface area contributed by atoms with Crippen LogP contribution in [0.1, 0.15) is 39.0 Å². The molecule has 0 amide bonds. The highest BCUT2D eigenvalue weighted by molar-refractivity contribution is 4.85. The molecule has 16 heavy (non-hydrogen) atoms. The minimum absolute atomic E-state index is 0.500. The van der Waals surface area contributed by atoms with Gasteiger partial charge in [-0.05, 0) is 24.8 Å². The second-order valence-corrected chi connectivity index (χ2v) is 5.68. The van der Waals surface area contributed by atoms with Gasteiger partial charge in [-0.15, -0.1) is 0 Å². The summed E-state index contributed by atoms with van der Waals surface area (Å²) in [4.78, 5) is 0. The molecule has 3 unspecified atom stereocenters. The number of nitrogens with one attached hydrogen (secondary N) is 1. The van der Waals surface area contributed by atoms with Crippen LogP contribution >= 0.6 is 0 Å². The van der Waals surface area contributed by atoms with Crippen molar-refractivity contribution in [3.05, 3.63) is 0 Å². The third kappa shape index (κ3) is 3.19. The summed E-state index contributed by atoms with van der Waals surface area (Å²) in [6.45, 7) is 5.32. The van der Waals surface area contributed by atoms with Crippen LogP contribution in [0.5, 0.6) is 0 Å². The molecule has 1 saturated heterocycles. The molecule has 1 aliphatic carbocycles. The van der Waals surface area contributed by atoms with E-state index in [9.17, 15) is 5.11 Å². The smallest absolute Gasteiger partial charge is 0.102 e. The molecule has 2 aliphatic rings. The van der Waals surface area contributed by atoms with Gasteiger partial charge in [0, 0.05) is 19.6 Å². The van der Waals surface area contributed by atoms with Gasteiger partial charge in [0.05, 0.1) is 6.61 Å². The van der Waals surface area contributed by atoms with Gasteiger partial charge in [-0.2, -0.15) is 0 Å². The van der Waals surface area contributed by atoms with Crippen LogP contribution in [0, 0.1) is 11.8 Å². The summed E-state index contributed by atoms with van der Waals surface area (Å²) in [5, 5.41) is 13.5. The third-order valence-corrected chi connectivity index (χ3v) is 4.23. The molecule has 2 rings (SSSR count). The summed E-state index contributed by atoms with van der Waals surface area (Å²) in [5.74, 6) is 1.65. The number of hydrogen-bond donors (Lipinski definition) is 2. The average molecular weight is 227 g/mol.